The molecule has 1 aliphatic carbocycles. The molecule has 15 heavy (non-hydrogen) atoms. The highest BCUT2D eigenvalue weighted by Crippen LogP contribution is 2.23. The van der Waals surface area contributed by atoms with E-state index in [0.29, 0.717) is 18.9 Å². The van der Waals surface area contributed by atoms with E-state index in [9.17, 15) is 13.5 Å². The van der Waals surface area contributed by atoms with E-state index in [1.807, 2.05) is 6.92 Å². The molecule has 1 rings (SSSR count). The third-order valence-corrected chi connectivity index (χ3v) is 4.43. The van der Waals surface area contributed by atoms with Crippen LogP contribution in [-0.4, -0.2) is 31.9 Å². The topological polar surface area (TPSA) is 66.4 Å². The summed E-state index contributed by atoms with van der Waals surface area (Å²) in [6.07, 6.45) is 3.94. The molecule has 0 aromatic heterocycles. The summed E-state index contributed by atoms with van der Waals surface area (Å²) in [4.78, 5) is 0. The molecular formula is C10H21NO3S. The van der Waals surface area contributed by atoms with Crippen molar-refractivity contribution < 1.29 is 13.5 Å². The summed E-state index contributed by atoms with van der Waals surface area (Å²) in [5, 5.41) is 9.30. The third-order valence-electron chi connectivity index (χ3n) is 2.88. The Morgan fingerprint density at radius 3 is 2.40 bits per heavy atom. The summed E-state index contributed by atoms with van der Waals surface area (Å²) in [6, 6.07) is 0. The first-order valence-corrected chi connectivity index (χ1v) is 7.34. The third kappa shape index (κ3) is 4.95. The van der Waals surface area contributed by atoms with Gasteiger partial charge in [0.05, 0.1) is 11.9 Å². The quantitative estimate of drug-likeness (QED) is 0.743. The minimum Gasteiger partial charge on any atom is -0.393 e. The molecule has 90 valence electrons. The van der Waals surface area contributed by atoms with Gasteiger partial charge in [0, 0.05) is 6.54 Å². The number of aliphatic hydroxyl groups excluding tert-OH is 1. The SMILES string of the molecule is CCCS(=O)(=O)NCC1CCC(O)CC1. The molecule has 1 saturated carbocycles. The number of sulfonamides is 1. The summed E-state index contributed by atoms with van der Waals surface area (Å²) >= 11 is 0. The van der Waals surface area contributed by atoms with Crippen molar-refractivity contribution in [3.05, 3.63) is 0 Å². The van der Waals surface area contributed by atoms with Crippen LogP contribution in [0.5, 0.6) is 0 Å². The first-order valence-electron chi connectivity index (χ1n) is 5.69. The van der Waals surface area contributed by atoms with Crippen molar-refractivity contribution in [1.29, 1.82) is 0 Å². The van der Waals surface area contributed by atoms with Gasteiger partial charge in [-0.3, -0.25) is 0 Å². The standard InChI is InChI=1S/C10H21NO3S/c1-2-7-15(13,14)11-8-9-3-5-10(12)6-4-9/h9-12H,2-8H2,1H3. The second kappa shape index (κ2) is 5.82. The molecular weight excluding hydrogens is 214 g/mol. The van der Waals surface area contributed by atoms with Crippen LogP contribution < -0.4 is 4.72 Å². The average Bonchev–Trinajstić information content (AvgIpc) is 2.17. The monoisotopic (exact) mass is 235 g/mol. The van der Waals surface area contributed by atoms with E-state index >= 15 is 0 Å². The molecule has 0 saturated heterocycles. The largest absolute Gasteiger partial charge is 0.393 e. The van der Waals surface area contributed by atoms with Gasteiger partial charge in [-0.05, 0) is 38.0 Å². The number of aliphatic hydroxyl groups is 1. The van der Waals surface area contributed by atoms with Gasteiger partial charge in [0.15, 0.2) is 0 Å². The fourth-order valence-electron chi connectivity index (χ4n) is 1.93. The fraction of sp³-hybridized carbons (Fsp3) is 1.00. The van der Waals surface area contributed by atoms with Crippen LogP contribution in [0, 0.1) is 5.92 Å². The number of rotatable bonds is 5. The van der Waals surface area contributed by atoms with E-state index in [0.717, 1.165) is 25.7 Å². The van der Waals surface area contributed by atoms with Gasteiger partial charge in [0.25, 0.3) is 0 Å². The molecule has 0 amide bonds. The zero-order valence-corrected chi connectivity index (χ0v) is 10.1. The van der Waals surface area contributed by atoms with Crippen LogP contribution in [0.1, 0.15) is 39.0 Å². The molecule has 1 aliphatic rings. The highest BCUT2D eigenvalue weighted by molar-refractivity contribution is 7.89. The second-order valence-electron chi connectivity index (χ2n) is 4.34. The van der Waals surface area contributed by atoms with Gasteiger partial charge in [-0.1, -0.05) is 6.92 Å². The second-order valence-corrected chi connectivity index (χ2v) is 6.27. The molecule has 0 bridgehead atoms. The zero-order valence-electron chi connectivity index (χ0n) is 9.28. The highest BCUT2D eigenvalue weighted by Gasteiger charge is 2.20. The number of hydrogen-bond acceptors (Lipinski definition) is 3. The van der Waals surface area contributed by atoms with Crippen LogP contribution in [0.2, 0.25) is 0 Å². The van der Waals surface area contributed by atoms with Gasteiger partial charge < -0.3 is 5.11 Å². The van der Waals surface area contributed by atoms with Gasteiger partial charge >= 0.3 is 0 Å². The molecule has 0 radical (unpaired) electrons. The Labute approximate surface area is 92.1 Å². The van der Waals surface area contributed by atoms with Crippen molar-refractivity contribution in [2.24, 2.45) is 5.92 Å². The molecule has 5 heteroatoms. The Hall–Kier alpha value is -0.130. The molecule has 0 aromatic rings. The summed E-state index contributed by atoms with van der Waals surface area (Å²) in [6.45, 7) is 2.39. The smallest absolute Gasteiger partial charge is 0.211 e. The Bertz CT molecular complexity index is 268. The van der Waals surface area contributed by atoms with E-state index in [-0.39, 0.29) is 11.9 Å². The summed E-state index contributed by atoms with van der Waals surface area (Å²) in [7, 11) is -3.06. The summed E-state index contributed by atoms with van der Waals surface area (Å²) in [5.74, 6) is 0.613. The molecule has 0 aliphatic heterocycles. The van der Waals surface area contributed by atoms with Gasteiger partial charge in [-0.2, -0.15) is 0 Å². The Morgan fingerprint density at radius 1 is 1.27 bits per heavy atom. The van der Waals surface area contributed by atoms with Crippen molar-refractivity contribution >= 4 is 10.0 Å². The van der Waals surface area contributed by atoms with Crippen molar-refractivity contribution in [2.45, 2.75) is 45.1 Å². The van der Waals surface area contributed by atoms with Crippen molar-refractivity contribution in [3.8, 4) is 0 Å². The summed E-state index contributed by atoms with van der Waals surface area (Å²) in [5.41, 5.74) is 0. The zero-order chi connectivity index (χ0) is 11.3. The maximum Gasteiger partial charge on any atom is 0.211 e. The summed E-state index contributed by atoms with van der Waals surface area (Å²) < 4.78 is 25.4. The fourth-order valence-corrected chi connectivity index (χ4v) is 3.11. The van der Waals surface area contributed by atoms with Gasteiger partial charge in [-0.15, -0.1) is 0 Å². The molecule has 2 N–H and O–H groups in total. The Morgan fingerprint density at radius 2 is 1.87 bits per heavy atom. The van der Waals surface area contributed by atoms with E-state index in [2.05, 4.69) is 4.72 Å². The van der Waals surface area contributed by atoms with Crippen LogP contribution in [-0.2, 0) is 10.0 Å². The lowest BCUT2D eigenvalue weighted by molar-refractivity contribution is 0.110. The van der Waals surface area contributed by atoms with Crippen LogP contribution in [0.4, 0.5) is 0 Å². The first kappa shape index (κ1) is 12.9. The van der Waals surface area contributed by atoms with Crippen LogP contribution >= 0.6 is 0 Å². The lowest BCUT2D eigenvalue weighted by Gasteiger charge is -2.25. The minimum absolute atomic E-state index is 0.173. The highest BCUT2D eigenvalue weighted by atomic mass is 32.2. The lowest BCUT2D eigenvalue weighted by Crippen LogP contribution is -2.33. The first-order chi connectivity index (χ1) is 7.03. The van der Waals surface area contributed by atoms with Gasteiger partial charge in [0.2, 0.25) is 10.0 Å². The molecule has 0 spiro atoms. The van der Waals surface area contributed by atoms with Crippen molar-refractivity contribution in [1.82, 2.24) is 4.72 Å². The van der Waals surface area contributed by atoms with Crippen LogP contribution in [0.25, 0.3) is 0 Å². The predicted octanol–water partition coefficient (Wildman–Crippen LogP) is 0.867. The van der Waals surface area contributed by atoms with E-state index < -0.39 is 10.0 Å². The molecule has 0 atom stereocenters. The van der Waals surface area contributed by atoms with Crippen LogP contribution in [0.15, 0.2) is 0 Å². The van der Waals surface area contributed by atoms with Crippen LogP contribution in [0.3, 0.4) is 0 Å². The maximum atomic E-state index is 11.4. The molecule has 0 unspecified atom stereocenters. The van der Waals surface area contributed by atoms with E-state index in [1.165, 1.54) is 0 Å². The Kier molecular flexibility index (Phi) is 5.02. The van der Waals surface area contributed by atoms with E-state index in [1.54, 1.807) is 0 Å². The molecule has 1 fully saturated rings. The van der Waals surface area contributed by atoms with Crippen molar-refractivity contribution in [2.75, 3.05) is 12.3 Å². The minimum atomic E-state index is -3.06. The van der Waals surface area contributed by atoms with Gasteiger partial charge in [-0.25, -0.2) is 13.1 Å². The molecule has 0 heterocycles. The Balaban J connectivity index is 2.25. The molecule has 0 aromatic carbocycles. The van der Waals surface area contributed by atoms with E-state index in [4.69, 9.17) is 0 Å². The normalized spacial score (nSPS) is 27.9. The average molecular weight is 235 g/mol. The van der Waals surface area contributed by atoms with Crippen molar-refractivity contribution in [3.63, 3.8) is 0 Å². The lowest BCUT2D eigenvalue weighted by atomic mass is 9.88. The predicted molar refractivity (Wildman–Crippen MR) is 60.0 cm³/mol. The van der Waals surface area contributed by atoms with Gasteiger partial charge in [0.1, 0.15) is 0 Å². The number of nitrogens with one attached hydrogen (secondary N) is 1. The number of hydrogen-bond donors (Lipinski definition) is 2. The molecule has 4 nitrogen and oxygen atoms in total. The maximum absolute atomic E-state index is 11.4.